The Morgan fingerprint density at radius 1 is 0.811 bits per heavy atom. The molecule has 37 heavy (non-hydrogen) atoms. The molecule has 1 heterocycles. The summed E-state index contributed by atoms with van der Waals surface area (Å²) in [5.74, 6) is -1.50. The lowest BCUT2D eigenvalue weighted by Crippen LogP contribution is -2.29. The summed E-state index contributed by atoms with van der Waals surface area (Å²) in [6.45, 7) is 7.99. The van der Waals surface area contributed by atoms with E-state index in [4.69, 9.17) is 0 Å². The molecule has 1 N–H and O–H groups in total. The van der Waals surface area contributed by atoms with Crippen LogP contribution in [0.15, 0.2) is 78.4 Å². The summed E-state index contributed by atoms with van der Waals surface area (Å²) >= 11 is 0. The fourth-order valence-corrected chi connectivity index (χ4v) is 4.84. The summed E-state index contributed by atoms with van der Waals surface area (Å²) in [7, 11) is 3.91. The third-order valence-electron chi connectivity index (χ3n) is 7.06. The fourth-order valence-electron chi connectivity index (χ4n) is 4.84. The molecule has 1 fully saturated rings. The number of amides is 1. The van der Waals surface area contributed by atoms with Gasteiger partial charge in [0, 0.05) is 49.8 Å². The molecule has 3 aromatic carbocycles. The molecule has 1 aliphatic heterocycles. The van der Waals surface area contributed by atoms with E-state index >= 15 is 0 Å². The Labute approximate surface area is 219 Å². The molecule has 0 aliphatic carbocycles. The number of aryl methyl sites for hydroxylation is 1. The van der Waals surface area contributed by atoms with Crippen LogP contribution < -0.4 is 14.7 Å². The number of anilines is 3. The number of benzene rings is 3. The Kier molecular flexibility index (Phi) is 7.67. The van der Waals surface area contributed by atoms with Crippen LogP contribution in [-0.2, 0) is 16.0 Å². The predicted octanol–water partition coefficient (Wildman–Crippen LogP) is 5.79. The molecule has 0 saturated carbocycles. The number of nitrogens with zero attached hydrogens (tertiary/aromatic N) is 3. The number of aliphatic hydroxyl groups excluding tert-OH is 1. The molecule has 1 atom stereocenters. The second-order valence-corrected chi connectivity index (χ2v) is 9.39. The number of hydrogen-bond donors (Lipinski definition) is 1. The van der Waals surface area contributed by atoms with Crippen LogP contribution in [0.5, 0.6) is 0 Å². The van der Waals surface area contributed by atoms with Gasteiger partial charge in [-0.15, -0.1) is 0 Å². The number of hydrogen-bond acceptors (Lipinski definition) is 5. The van der Waals surface area contributed by atoms with Crippen molar-refractivity contribution < 1.29 is 14.7 Å². The molecular weight excluding hydrogens is 462 g/mol. The smallest absolute Gasteiger partial charge is 0.300 e. The Morgan fingerprint density at radius 2 is 1.38 bits per heavy atom. The molecule has 1 unspecified atom stereocenters. The zero-order chi connectivity index (χ0) is 26.7. The van der Waals surface area contributed by atoms with Gasteiger partial charge in [0.15, 0.2) is 0 Å². The average Bonchev–Trinajstić information content (AvgIpc) is 3.19. The first-order valence-corrected chi connectivity index (χ1v) is 12.8. The van der Waals surface area contributed by atoms with Crippen molar-refractivity contribution >= 4 is 34.5 Å². The Morgan fingerprint density at radius 3 is 1.89 bits per heavy atom. The van der Waals surface area contributed by atoms with Crippen molar-refractivity contribution in [3.05, 3.63) is 95.1 Å². The summed E-state index contributed by atoms with van der Waals surface area (Å²) < 4.78 is 0. The topological polar surface area (TPSA) is 64.1 Å². The molecule has 0 radical (unpaired) electrons. The van der Waals surface area contributed by atoms with Crippen molar-refractivity contribution in [3.63, 3.8) is 0 Å². The van der Waals surface area contributed by atoms with Crippen LogP contribution in [0.4, 0.5) is 17.1 Å². The maximum Gasteiger partial charge on any atom is 0.300 e. The van der Waals surface area contributed by atoms with E-state index in [1.54, 1.807) is 12.1 Å². The number of carbonyl (C=O) groups is 2. The Bertz CT molecular complexity index is 1290. The van der Waals surface area contributed by atoms with Gasteiger partial charge in [0.25, 0.3) is 11.7 Å². The van der Waals surface area contributed by atoms with Crippen molar-refractivity contribution in [2.45, 2.75) is 33.2 Å². The first-order chi connectivity index (χ1) is 17.8. The lowest BCUT2D eigenvalue weighted by molar-refractivity contribution is -0.132. The van der Waals surface area contributed by atoms with Crippen molar-refractivity contribution in [2.24, 2.45) is 0 Å². The minimum Gasteiger partial charge on any atom is -0.507 e. The van der Waals surface area contributed by atoms with Crippen LogP contribution >= 0.6 is 0 Å². The molecule has 6 nitrogen and oxygen atoms in total. The predicted molar refractivity (Wildman–Crippen MR) is 151 cm³/mol. The largest absolute Gasteiger partial charge is 0.507 e. The summed E-state index contributed by atoms with van der Waals surface area (Å²) in [5.41, 5.74) is 5.15. The van der Waals surface area contributed by atoms with Gasteiger partial charge in [0.05, 0.1) is 11.6 Å². The van der Waals surface area contributed by atoms with Gasteiger partial charge in [-0.1, -0.05) is 43.3 Å². The van der Waals surface area contributed by atoms with Crippen LogP contribution in [0.25, 0.3) is 5.76 Å². The van der Waals surface area contributed by atoms with E-state index in [0.717, 1.165) is 42.0 Å². The van der Waals surface area contributed by atoms with Gasteiger partial charge in [0.2, 0.25) is 0 Å². The van der Waals surface area contributed by atoms with Crippen molar-refractivity contribution in [2.75, 3.05) is 41.9 Å². The minimum atomic E-state index is -0.749. The van der Waals surface area contributed by atoms with Gasteiger partial charge in [-0.25, -0.2) is 0 Å². The van der Waals surface area contributed by atoms with E-state index in [9.17, 15) is 14.7 Å². The second kappa shape index (κ2) is 10.9. The number of carbonyl (C=O) groups excluding carboxylic acids is 2. The highest BCUT2D eigenvalue weighted by atomic mass is 16.3. The lowest BCUT2D eigenvalue weighted by Gasteiger charge is -2.27. The molecule has 0 aromatic heterocycles. The van der Waals surface area contributed by atoms with Crippen LogP contribution in [0.1, 0.15) is 43.5 Å². The molecule has 4 rings (SSSR count). The Balaban J connectivity index is 1.86. The first-order valence-electron chi connectivity index (χ1n) is 12.8. The van der Waals surface area contributed by atoms with Crippen LogP contribution in [0.2, 0.25) is 0 Å². The zero-order valence-corrected chi connectivity index (χ0v) is 22.2. The highest BCUT2D eigenvalue weighted by Crippen LogP contribution is 2.42. The van der Waals surface area contributed by atoms with Gasteiger partial charge in [-0.05, 0) is 67.8 Å². The van der Waals surface area contributed by atoms with Crippen LogP contribution in [0.3, 0.4) is 0 Å². The van der Waals surface area contributed by atoms with E-state index in [-0.39, 0.29) is 11.3 Å². The van der Waals surface area contributed by atoms with Crippen LogP contribution in [0, 0.1) is 0 Å². The van der Waals surface area contributed by atoms with Crippen molar-refractivity contribution in [1.29, 1.82) is 0 Å². The summed E-state index contributed by atoms with van der Waals surface area (Å²) in [4.78, 5) is 32.6. The second-order valence-electron chi connectivity index (χ2n) is 9.39. The molecule has 0 bridgehead atoms. The van der Waals surface area contributed by atoms with Gasteiger partial charge in [-0.3, -0.25) is 14.5 Å². The number of aliphatic hydroxyl groups is 1. The van der Waals surface area contributed by atoms with Gasteiger partial charge >= 0.3 is 0 Å². The molecule has 0 spiro atoms. The molecule has 1 saturated heterocycles. The number of ketones is 1. The standard InChI is InChI=1S/C31H35N3O3/c1-6-21-9-11-23(12-10-21)29(35)27-28(22-13-15-24(16-14-22)32(4)5)34(31(37)30(27)36)26-19-17-25(18-20-26)33(7-2)8-3/h9-20,28,35H,6-8H2,1-5H3/b29-27-. The first kappa shape index (κ1) is 26.0. The third-order valence-corrected chi connectivity index (χ3v) is 7.06. The van der Waals surface area contributed by atoms with E-state index in [2.05, 4.69) is 25.7 Å². The van der Waals surface area contributed by atoms with Crippen LogP contribution in [-0.4, -0.2) is 44.0 Å². The summed E-state index contributed by atoms with van der Waals surface area (Å²) in [6.07, 6.45) is 0.868. The van der Waals surface area contributed by atoms with E-state index < -0.39 is 17.7 Å². The lowest BCUT2D eigenvalue weighted by atomic mass is 9.94. The summed E-state index contributed by atoms with van der Waals surface area (Å²) in [6, 6.07) is 22.1. The molecule has 1 amide bonds. The molecule has 6 heteroatoms. The third kappa shape index (κ3) is 4.96. The number of rotatable bonds is 8. The monoisotopic (exact) mass is 497 g/mol. The zero-order valence-electron chi connectivity index (χ0n) is 22.2. The SMILES string of the molecule is CCc1ccc(/C(O)=C2/C(=O)C(=O)N(c3ccc(N(CC)CC)cc3)C2c2ccc(N(C)C)cc2)cc1. The highest BCUT2D eigenvalue weighted by molar-refractivity contribution is 6.51. The average molecular weight is 498 g/mol. The molecule has 192 valence electrons. The minimum absolute atomic E-state index is 0.0969. The number of Topliss-reactive ketones (excluding diaryl/α,β-unsaturated/α-hetero) is 1. The van der Waals surface area contributed by atoms with Gasteiger partial charge in [-0.2, -0.15) is 0 Å². The molecule has 3 aromatic rings. The maximum atomic E-state index is 13.5. The molecular formula is C31H35N3O3. The van der Waals surface area contributed by atoms with E-state index in [0.29, 0.717) is 11.3 Å². The molecule has 1 aliphatic rings. The Hall–Kier alpha value is -4.06. The van der Waals surface area contributed by atoms with Crippen molar-refractivity contribution in [1.82, 2.24) is 0 Å². The fraction of sp³-hybridized carbons (Fsp3) is 0.290. The van der Waals surface area contributed by atoms with E-state index in [1.807, 2.05) is 79.7 Å². The van der Waals surface area contributed by atoms with Gasteiger partial charge in [0.1, 0.15) is 5.76 Å². The highest BCUT2D eigenvalue weighted by Gasteiger charge is 2.47. The van der Waals surface area contributed by atoms with Gasteiger partial charge < -0.3 is 14.9 Å². The maximum absolute atomic E-state index is 13.5. The quantitative estimate of drug-likeness (QED) is 0.243. The van der Waals surface area contributed by atoms with E-state index in [1.165, 1.54) is 4.90 Å². The summed E-state index contributed by atoms with van der Waals surface area (Å²) in [5, 5.41) is 11.4. The van der Waals surface area contributed by atoms with Crippen molar-refractivity contribution in [3.8, 4) is 0 Å². The normalized spacial score (nSPS) is 16.8.